The topological polar surface area (TPSA) is 121 Å². The lowest BCUT2D eigenvalue weighted by molar-refractivity contribution is -0.121. The molecule has 0 fully saturated rings. The first-order valence-corrected chi connectivity index (χ1v) is 11.8. The molecule has 8 nitrogen and oxygen atoms in total. The molecule has 2 aromatic carbocycles. The number of amides is 2. The molecule has 0 aliphatic heterocycles. The van der Waals surface area contributed by atoms with E-state index >= 15 is 0 Å². The Balaban J connectivity index is 1.80. The fourth-order valence-corrected chi connectivity index (χ4v) is 3.91. The van der Waals surface area contributed by atoms with Crippen LogP contribution in [0.3, 0.4) is 0 Å². The zero-order valence-corrected chi connectivity index (χ0v) is 19.3. The van der Waals surface area contributed by atoms with Crippen molar-refractivity contribution in [1.82, 2.24) is 10.0 Å². The summed E-state index contributed by atoms with van der Waals surface area (Å²) in [6.07, 6.45) is 0.396. The highest BCUT2D eigenvalue weighted by molar-refractivity contribution is 7.89. The Morgan fingerprint density at radius 1 is 0.969 bits per heavy atom. The van der Waals surface area contributed by atoms with Crippen LogP contribution in [0.1, 0.15) is 49.5 Å². The molecule has 172 valence electrons. The van der Waals surface area contributed by atoms with Crippen LogP contribution in [0.15, 0.2) is 53.4 Å². The van der Waals surface area contributed by atoms with Gasteiger partial charge in [-0.15, -0.1) is 0 Å². The van der Waals surface area contributed by atoms with Gasteiger partial charge in [-0.05, 0) is 42.7 Å². The number of nitrogens with one attached hydrogen (secondary N) is 3. The molecular formula is C23H29N3O5S. The first kappa shape index (κ1) is 25.2. The quantitative estimate of drug-likeness (QED) is 0.446. The molecule has 32 heavy (non-hydrogen) atoms. The molecule has 0 aromatic heterocycles. The van der Waals surface area contributed by atoms with Gasteiger partial charge in [0.05, 0.1) is 4.90 Å². The van der Waals surface area contributed by atoms with Crippen molar-refractivity contribution in [2.24, 2.45) is 5.92 Å². The maximum Gasteiger partial charge on any atom is 0.240 e. The summed E-state index contributed by atoms with van der Waals surface area (Å²) in [4.78, 5) is 35.3. The van der Waals surface area contributed by atoms with Crippen molar-refractivity contribution in [2.75, 3.05) is 11.9 Å². The smallest absolute Gasteiger partial charge is 0.240 e. The third-order valence-electron chi connectivity index (χ3n) is 4.51. The number of hydrogen-bond donors (Lipinski definition) is 3. The number of benzene rings is 2. The molecule has 0 radical (unpaired) electrons. The van der Waals surface area contributed by atoms with Gasteiger partial charge in [0.2, 0.25) is 21.8 Å². The van der Waals surface area contributed by atoms with Gasteiger partial charge in [0.1, 0.15) is 0 Å². The molecule has 0 unspecified atom stereocenters. The van der Waals surface area contributed by atoms with Gasteiger partial charge in [-0.2, -0.15) is 0 Å². The summed E-state index contributed by atoms with van der Waals surface area (Å²) in [7, 11) is -3.77. The summed E-state index contributed by atoms with van der Waals surface area (Å²) < 4.78 is 27.0. The van der Waals surface area contributed by atoms with E-state index in [4.69, 9.17) is 0 Å². The van der Waals surface area contributed by atoms with Gasteiger partial charge in [-0.25, -0.2) is 13.1 Å². The van der Waals surface area contributed by atoms with Gasteiger partial charge in [0, 0.05) is 37.2 Å². The molecule has 0 saturated carbocycles. The molecule has 0 saturated heterocycles. The monoisotopic (exact) mass is 459 g/mol. The molecule has 0 atom stereocenters. The number of sulfonamides is 1. The normalized spacial score (nSPS) is 11.2. The minimum atomic E-state index is -3.77. The number of carbonyl (C=O) groups is 3. The van der Waals surface area contributed by atoms with Crippen LogP contribution in [-0.4, -0.2) is 32.6 Å². The highest BCUT2D eigenvalue weighted by Gasteiger charge is 2.14. The fraction of sp³-hybridized carbons (Fsp3) is 0.348. The lowest BCUT2D eigenvalue weighted by Gasteiger charge is -2.10. The largest absolute Gasteiger partial charge is 0.352 e. The molecule has 2 rings (SSSR count). The van der Waals surface area contributed by atoms with Crippen LogP contribution in [0.25, 0.3) is 0 Å². The number of hydrogen-bond acceptors (Lipinski definition) is 5. The first-order valence-electron chi connectivity index (χ1n) is 10.3. The van der Waals surface area contributed by atoms with Crippen molar-refractivity contribution in [3.63, 3.8) is 0 Å². The standard InChI is InChI=1S/C23H29N3O5S/c1-16(2)13-23(29)26-20-6-4-5-18(14-20)15-24-22(28)11-12-25-32(30,31)21-9-7-19(8-10-21)17(3)27/h4-10,14,16,25H,11-13,15H2,1-3H3,(H,24,28)(H,26,29). The van der Waals surface area contributed by atoms with Crippen LogP contribution < -0.4 is 15.4 Å². The second-order valence-electron chi connectivity index (χ2n) is 7.85. The molecule has 9 heteroatoms. The summed E-state index contributed by atoms with van der Waals surface area (Å²) >= 11 is 0. The molecular weight excluding hydrogens is 430 g/mol. The number of carbonyl (C=O) groups excluding carboxylic acids is 3. The Morgan fingerprint density at radius 2 is 1.66 bits per heavy atom. The summed E-state index contributed by atoms with van der Waals surface area (Å²) in [5.74, 6) is -0.268. The van der Waals surface area contributed by atoms with Crippen molar-refractivity contribution in [2.45, 2.75) is 45.1 Å². The predicted molar refractivity (Wildman–Crippen MR) is 123 cm³/mol. The fourth-order valence-electron chi connectivity index (χ4n) is 2.88. The van der Waals surface area contributed by atoms with E-state index in [2.05, 4.69) is 15.4 Å². The maximum atomic E-state index is 12.3. The Kier molecular flexibility index (Phi) is 9.10. The van der Waals surface area contributed by atoms with E-state index < -0.39 is 10.0 Å². The second kappa shape index (κ2) is 11.5. The Labute approximate surface area is 188 Å². The van der Waals surface area contributed by atoms with Crippen molar-refractivity contribution in [3.8, 4) is 0 Å². The minimum absolute atomic E-state index is 0.0271. The Hall–Kier alpha value is -3.04. The van der Waals surface area contributed by atoms with E-state index in [0.717, 1.165) is 5.56 Å². The van der Waals surface area contributed by atoms with E-state index in [0.29, 0.717) is 17.7 Å². The first-order chi connectivity index (χ1) is 15.1. The summed E-state index contributed by atoms with van der Waals surface area (Å²) in [5.41, 5.74) is 1.89. The number of ketones is 1. The number of Topliss-reactive ketones (excluding diaryl/α,β-unsaturated/α-hetero) is 1. The lowest BCUT2D eigenvalue weighted by atomic mass is 10.1. The SMILES string of the molecule is CC(=O)c1ccc(S(=O)(=O)NCCC(=O)NCc2cccc(NC(=O)CC(C)C)c2)cc1. The Bertz CT molecular complexity index is 1060. The second-order valence-corrected chi connectivity index (χ2v) is 9.62. The van der Waals surface area contributed by atoms with Crippen LogP contribution in [0.5, 0.6) is 0 Å². The van der Waals surface area contributed by atoms with Crippen LogP contribution in [0.4, 0.5) is 5.69 Å². The van der Waals surface area contributed by atoms with Gasteiger partial charge in [0.15, 0.2) is 5.78 Å². The van der Waals surface area contributed by atoms with Crippen LogP contribution in [-0.2, 0) is 26.2 Å². The number of rotatable bonds is 11. The average molecular weight is 460 g/mol. The molecule has 2 amide bonds. The zero-order chi connectivity index (χ0) is 23.7. The molecule has 0 spiro atoms. The zero-order valence-electron chi connectivity index (χ0n) is 18.5. The number of anilines is 1. The van der Waals surface area contributed by atoms with E-state index in [1.807, 2.05) is 19.9 Å². The van der Waals surface area contributed by atoms with E-state index in [9.17, 15) is 22.8 Å². The van der Waals surface area contributed by atoms with Crippen LogP contribution in [0.2, 0.25) is 0 Å². The van der Waals surface area contributed by atoms with E-state index in [1.54, 1.807) is 18.2 Å². The average Bonchev–Trinajstić information content (AvgIpc) is 2.72. The van der Waals surface area contributed by atoms with Gasteiger partial charge < -0.3 is 10.6 Å². The highest BCUT2D eigenvalue weighted by atomic mass is 32.2. The summed E-state index contributed by atoms with van der Waals surface area (Å²) in [5, 5.41) is 5.56. The van der Waals surface area contributed by atoms with Gasteiger partial charge >= 0.3 is 0 Å². The predicted octanol–water partition coefficient (Wildman–Crippen LogP) is 2.86. The molecule has 0 aliphatic carbocycles. The minimum Gasteiger partial charge on any atom is -0.352 e. The molecule has 0 aliphatic rings. The third kappa shape index (κ3) is 8.24. The van der Waals surface area contributed by atoms with E-state index in [1.165, 1.54) is 31.2 Å². The van der Waals surface area contributed by atoms with E-state index in [-0.39, 0.29) is 47.9 Å². The Morgan fingerprint density at radius 3 is 2.28 bits per heavy atom. The van der Waals surface area contributed by atoms with Crippen molar-refractivity contribution >= 4 is 33.3 Å². The lowest BCUT2D eigenvalue weighted by Crippen LogP contribution is -2.30. The molecule has 0 bridgehead atoms. The van der Waals surface area contributed by atoms with Crippen LogP contribution >= 0.6 is 0 Å². The highest BCUT2D eigenvalue weighted by Crippen LogP contribution is 2.13. The third-order valence-corrected chi connectivity index (χ3v) is 5.99. The van der Waals surface area contributed by atoms with Gasteiger partial charge in [0.25, 0.3) is 0 Å². The molecule has 0 heterocycles. The van der Waals surface area contributed by atoms with Gasteiger partial charge in [-0.1, -0.05) is 38.1 Å². The molecule has 2 aromatic rings. The molecule has 3 N–H and O–H groups in total. The van der Waals surface area contributed by atoms with Gasteiger partial charge in [-0.3, -0.25) is 14.4 Å². The maximum absolute atomic E-state index is 12.3. The van der Waals surface area contributed by atoms with Crippen molar-refractivity contribution < 1.29 is 22.8 Å². The van der Waals surface area contributed by atoms with Crippen LogP contribution in [0, 0.1) is 5.92 Å². The van der Waals surface area contributed by atoms with Crippen molar-refractivity contribution in [1.29, 1.82) is 0 Å². The van der Waals surface area contributed by atoms with Crippen molar-refractivity contribution in [3.05, 3.63) is 59.7 Å². The summed E-state index contributed by atoms with van der Waals surface area (Å²) in [6.45, 7) is 5.53. The summed E-state index contributed by atoms with van der Waals surface area (Å²) in [6, 6.07) is 12.8.